The molecule has 1 aliphatic heterocycles. The normalized spacial score (nSPS) is 13.8. The molecular formula is C18H16IN5. The van der Waals surface area contributed by atoms with Gasteiger partial charge < -0.3 is 9.47 Å². The summed E-state index contributed by atoms with van der Waals surface area (Å²) in [4.78, 5) is 15.2. The highest BCUT2D eigenvalue weighted by Gasteiger charge is 2.10. The van der Waals surface area contributed by atoms with Crippen molar-refractivity contribution < 1.29 is 0 Å². The predicted octanol–water partition coefficient (Wildman–Crippen LogP) is 3.56. The minimum Gasteiger partial charge on any atom is -0.357 e. The maximum atomic E-state index is 4.34. The van der Waals surface area contributed by atoms with Crippen molar-refractivity contribution >= 4 is 39.7 Å². The van der Waals surface area contributed by atoms with E-state index in [9.17, 15) is 0 Å². The average molecular weight is 429 g/mol. The molecule has 6 heteroatoms. The summed E-state index contributed by atoms with van der Waals surface area (Å²) in [7, 11) is 0. The topological polar surface area (TPSA) is 46.3 Å². The lowest BCUT2D eigenvalue weighted by molar-refractivity contribution is 0.367. The van der Waals surface area contributed by atoms with Gasteiger partial charge in [-0.1, -0.05) is 0 Å². The molecule has 0 unspecified atom stereocenters. The minimum atomic E-state index is 0.738. The Hall–Kier alpha value is -2.22. The second kappa shape index (κ2) is 6.72. The van der Waals surface area contributed by atoms with E-state index in [-0.39, 0.29) is 0 Å². The molecule has 120 valence electrons. The van der Waals surface area contributed by atoms with Crippen molar-refractivity contribution in [3.8, 4) is 11.4 Å². The van der Waals surface area contributed by atoms with Crippen molar-refractivity contribution in [2.75, 3.05) is 13.2 Å². The van der Waals surface area contributed by atoms with Gasteiger partial charge in [0.05, 0.1) is 0 Å². The van der Waals surface area contributed by atoms with Gasteiger partial charge in [-0.15, -0.1) is 0 Å². The first-order valence-corrected chi connectivity index (χ1v) is 8.85. The highest BCUT2D eigenvalue weighted by Crippen LogP contribution is 2.27. The van der Waals surface area contributed by atoms with Gasteiger partial charge in [0, 0.05) is 64.1 Å². The number of fused-ring (bicyclic) bond motifs is 1. The molecule has 0 aliphatic carbocycles. The van der Waals surface area contributed by atoms with Crippen molar-refractivity contribution in [1.82, 2.24) is 19.4 Å². The number of rotatable bonds is 4. The summed E-state index contributed by atoms with van der Waals surface area (Å²) < 4.78 is 3.55. The Morgan fingerprint density at radius 3 is 2.79 bits per heavy atom. The molecule has 0 N–H and O–H groups in total. The summed E-state index contributed by atoms with van der Waals surface area (Å²) in [6, 6.07) is 8.26. The lowest BCUT2D eigenvalue weighted by Crippen LogP contribution is -2.23. The second-order valence-electron chi connectivity index (χ2n) is 5.60. The number of aromatic nitrogens is 3. The highest BCUT2D eigenvalue weighted by atomic mass is 127. The molecule has 0 atom stereocenters. The third-order valence-electron chi connectivity index (χ3n) is 4.04. The number of hydrogen-bond donors (Lipinski definition) is 0. The molecule has 3 heterocycles. The summed E-state index contributed by atoms with van der Waals surface area (Å²) >= 11 is 2.40. The molecule has 1 aromatic carbocycles. The van der Waals surface area contributed by atoms with Crippen LogP contribution in [0.3, 0.4) is 0 Å². The van der Waals surface area contributed by atoms with Gasteiger partial charge in [-0.25, -0.2) is 9.97 Å². The monoisotopic (exact) mass is 429 g/mol. The molecule has 24 heavy (non-hydrogen) atoms. The molecule has 0 amide bonds. The van der Waals surface area contributed by atoms with Gasteiger partial charge in [0.1, 0.15) is 6.67 Å². The molecule has 0 radical (unpaired) electrons. The van der Waals surface area contributed by atoms with Gasteiger partial charge in [0.15, 0.2) is 5.82 Å². The number of nitrogens with zero attached hydrogens (tertiary/aromatic N) is 5. The van der Waals surface area contributed by atoms with Crippen molar-refractivity contribution in [3.05, 3.63) is 58.7 Å². The maximum Gasteiger partial charge on any atom is 0.159 e. The van der Waals surface area contributed by atoms with Crippen LogP contribution in [-0.2, 0) is 6.54 Å². The molecule has 5 nitrogen and oxygen atoms in total. The van der Waals surface area contributed by atoms with E-state index in [1.54, 1.807) is 12.4 Å². The molecule has 3 aromatic rings. The van der Waals surface area contributed by atoms with Crippen molar-refractivity contribution in [1.29, 1.82) is 0 Å². The van der Waals surface area contributed by atoms with E-state index >= 15 is 0 Å². The average Bonchev–Trinajstić information content (AvgIpc) is 2.97. The summed E-state index contributed by atoms with van der Waals surface area (Å²) in [5, 5.41) is 1.24. The number of hydrogen-bond acceptors (Lipinski definition) is 4. The van der Waals surface area contributed by atoms with E-state index in [2.05, 4.69) is 77.6 Å². The summed E-state index contributed by atoms with van der Waals surface area (Å²) in [6.07, 6.45) is 11.7. The van der Waals surface area contributed by atoms with Crippen LogP contribution in [-0.4, -0.2) is 38.9 Å². The molecule has 0 spiro atoms. The zero-order chi connectivity index (χ0) is 16.4. The van der Waals surface area contributed by atoms with Gasteiger partial charge >= 0.3 is 0 Å². The van der Waals surface area contributed by atoms with Crippen LogP contribution >= 0.6 is 22.6 Å². The Morgan fingerprint density at radius 2 is 2.00 bits per heavy atom. The second-order valence-corrected chi connectivity index (χ2v) is 6.76. The number of halogens is 1. The molecular weight excluding hydrogens is 413 g/mol. The molecule has 4 rings (SSSR count). The lowest BCUT2D eigenvalue weighted by Gasteiger charge is -2.20. The first-order chi connectivity index (χ1) is 11.8. The van der Waals surface area contributed by atoms with Crippen LogP contribution in [0.5, 0.6) is 0 Å². The Labute approximate surface area is 153 Å². The van der Waals surface area contributed by atoms with Crippen LogP contribution in [0, 0.1) is 3.57 Å². The highest BCUT2D eigenvalue weighted by molar-refractivity contribution is 14.1. The van der Waals surface area contributed by atoms with E-state index in [4.69, 9.17) is 0 Å². The molecule has 0 bridgehead atoms. The van der Waals surface area contributed by atoms with E-state index in [0.29, 0.717) is 0 Å². The molecule has 0 saturated carbocycles. The van der Waals surface area contributed by atoms with E-state index < -0.39 is 0 Å². The fraction of sp³-hybridized carbons (Fsp3) is 0.167. The predicted molar refractivity (Wildman–Crippen MR) is 105 cm³/mol. The first kappa shape index (κ1) is 15.3. The SMILES string of the molecule is Ic1cn(CCN2C=CC=NC2)c2ccc(-c3ncccn3)cc12. The molecule has 0 saturated heterocycles. The van der Waals surface area contributed by atoms with Gasteiger partial charge in [0.2, 0.25) is 0 Å². The Balaban J connectivity index is 1.61. The Bertz CT molecular complexity index is 914. The lowest BCUT2D eigenvalue weighted by atomic mass is 10.1. The Kier molecular flexibility index (Phi) is 4.29. The van der Waals surface area contributed by atoms with Crippen LogP contribution in [0.2, 0.25) is 0 Å². The summed E-state index contributed by atoms with van der Waals surface area (Å²) in [5.74, 6) is 0.763. The quantitative estimate of drug-likeness (QED) is 0.596. The molecule has 2 aromatic heterocycles. The van der Waals surface area contributed by atoms with Crippen LogP contribution < -0.4 is 0 Å². The van der Waals surface area contributed by atoms with E-state index in [1.807, 2.05) is 18.4 Å². The van der Waals surface area contributed by atoms with E-state index in [1.165, 1.54) is 14.5 Å². The van der Waals surface area contributed by atoms with Gasteiger partial charge in [-0.05, 0) is 52.9 Å². The Morgan fingerprint density at radius 1 is 1.12 bits per heavy atom. The van der Waals surface area contributed by atoms with Gasteiger partial charge in [-0.2, -0.15) is 0 Å². The minimum absolute atomic E-state index is 0.738. The molecule has 0 fully saturated rings. The zero-order valence-corrected chi connectivity index (χ0v) is 15.2. The summed E-state index contributed by atoms with van der Waals surface area (Å²) in [6.45, 7) is 2.61. The van der Waals surface area contributed by atoms with E-state index in [0.717, 1.165) is 31.1 Å². The van der Waals surface area contributed by atoms with Crippen molar-refractivity contribution in [2.45, 2.75) is 6.54 Å². The fourth-order valence-corrected chi connectivity index (χ4v) is 3.60. The van der Waals surface area contributed by atoms with Crippen molar-refractivity contribution in [2.24, 2.45) is 4.99 Å². The standard InChI is InChI=1S/C18H16IN5/c19-16-12-24(10-9-23-8-2-5-20-13-23)17-4-3-14(11-15(16)17)18-21-6-1-7-22-18/h1-8,11-12H,9-10,13H2. The number of benzene rings is 1. The number of aliphatic imine (C=N–C) groups is 1. The zero-order valence-electron chi connectivity index (χ0n) is 13.0. The fourth-order valence-electron chi connectivity index (χ4n) is 2.83. The van der Waals surface area contributed by atoms with Crippen LogP contribution in [0.4, 0.5) is 0 Å². The first-order valence-electron chi connectivity index (χ1n) is 7.78. The van der Waals surface area contributed by atoms with Crippen LogP contribution in [0.1, 0.15) is 0 Å². The van der Waals surface area contributed by atoms with Crippen molar-refractivity contribution in [3.63, 3.8) is 0 Å². The van der Waals surface area contributed by atoms with Gasteiger partial charge in [-0.3, -0.25) is 4.99 Å². The smallest absolute Gasteiger partial charge is 0.159 e. The third-order valence-corrected chi connectivity index (χ3v) is 4.90. The largest absolute Gasteiger partial charge is 0.357 e. The maximum absolute atomic E-state index is 4.34. The number of allylic oxidation sites excluding steroid dienone is 1. The summed E-state index contributed by atoms with van der Waals surface area (Å²) in [5.41, 5.74) is 2.29. The van der Waals surface area contributed by atoms with Crippen LogP contribution in [0.15, 0.2) is 60.1 Å². The van der Waals surface area contributed by atoms with Crippen LogP contribution in [0.25, 0.3) is 22.3 Å². The third kappa shape index (κ3) is 3.06. The van der Waals surface area contributed by atoms with Gasteiger partial charge in [0.25, 0.3) is 0 Å². The molecule has 1 aliphatic rings.